The van der Waals surface area contributed by atoms with Gasteiger partial charge in [-0.05, 0) is 6.07 Å². The molecule has 0 saturated heterocycles. The second-order valence-corrected chi connectivity index (χ2v) is 3.49. The van der Waals surface area contributed by atoms with Crippen molar-refractivity contribution >= 4 is 0 Å². The van der Waals surface area contributed by atoms with E-state index in [-0.39, 0.29) is 0 Å². The van der Waals surface area contributed by atoms with E-state index in [2.05, 4.69) is 4.74 Å². The number of para-hydroxylation sites is 1. The number of alkyl halides is 9. The van der Waals surface area contributed by atoms with Crippen LogP contribution >= 0.6 is 0 Å². The highest BCUT2D eigenvalue weighted by Crippen LogP contribution is 2.53. The molecule has 0 amide bonds. The average Bonchev–Trinajstić information content (AvgIpc) is 2.27. The maximum atomic E-state index is 12.9. The van der Waals surface area contributed by atoms with Crippen LogP contribution < -0.4 is 4.74 Å². The summed E-state index contributed by atoms with van der Waals surface area (Å²) >= 11 is 0. The van der Waals surface area contributed by atoms with Crippen molar-refractivity contribution in [2.75, 3.05) is 0 Å². The van der Waals surface area contributed by atoms with Gasteiger partial charge in [0.2, 0.25) is 0 Å². The summed E-state index contributed by atoms with van der Waals surface area (Å²) in [5, 5.41) is 0. The number of benzene rings is 1. The third-order valence-electron chi connectivity index (χ3n) is 2.03. The zero-order chi connectivity index (χ0) is 15.8. The highest BCUT2D eigenvalue weighted by molar-refractivity contribution is 5.20. The van der Waals surface area contributed by atoms with Crippen LogP contribution in [0.1, 0.15) is 0 Å². The van der Waals surface area contributed by atoms with Gasteiger partial charge < -0.3 is 4.74 Å². The number of hydrogen-bond donors (Lipinski definition) is 0. The fraction of sp³-hybridized carbons (Fsp3) is 0.400. The molecule has 0 fully saturated rings. The van der Waals surface area contributed by atoms with Gasteiger partial charge in [0.1, 0.15) is 5.75 Å². The summed E-state index contributed by atoms with van der Waals surface area (Å²) in [5.74, 6) is -14.9. The molecular weight excluding hydrogens is 307 g/mol. The van der Waals surface area contributed by atoms with E-state index in [1.54, 1.807) is 0 Å². The normalized spacial score (nSPS) is 14.2. The van der Waals surface area contributed by atoms with Crippen LogP contribution in [0.3, 0.4) is 0 Å². The molecule has 1 aromatic rings. The Morgan fingerprint density at radius 3 is 1.75 bits per heavy atom. The van der Waals surface area contributed by atoms with Gasteiger partial charge in [0.25, 0.3) is 0 Å². The van der Waals surface area contributed by atoms with Crippen molar-refractivity contribution in [1.29, 1.82) is 0 Å². The summed E-state index contributed by atoms with van der Waals surface area (Å²) in [6.45, 7) is 0. The third-order valence-corrected chi connectivity index (χ3v) is 2.03. The Morgan fingerprint density at radius 2 is 1.35 bits per heavy atom. The van der Waals surface area contributed by atoms with Gasteiger partial charge in [0, 0.05) is 6.07 Å². The molecule has 1 nitrogen and oxygen atoms in total. The van der Waals surface area contributed by atoms with Gasteiger partial charge >= 0.3 is 24.1 Å². The van der Waals surface area contributed by atoms with Crippen LogP contribution in [-0.4, -0.2) is 24.1 Å². The van der Waals surface area contributed by atoms with Gasteiger partial charge in [-0.3, -0.25) is 0 Å². The van der Waals surface area contributed by atoms with Crippen molar-refractivity contribution in [1.82, 2.24) is 0 Å². The fourth-order valence-corrected chi connectivity index (χ4v) is 1.00. The zero-order valence-electron chi connectivity index (χ0n) is 9.12. The molecule has 0 aromatic heterocycles. The van der Waals surface area contributed by atoms with Crippen LogP contribution in [0.4, 0.5) is 39.5 Å². The fourth-order valence-electron chi connectivity index (χ4n) is 1.00. The largest absolute Gasteiger partial charge is 0.471 e. The van der Waals surface area contributed by atoms with E-state index in [4.69, 9.17) is 0 Å². The Bertz CT molecular complexity index is 452. The first kappa shape index (κ1) is 16.4. The maximum absolute atomic E-state index is 12.9. The molecule has 0 N–H and O–H groups in total. The molecule has 1 radical (unpaired) electrons. The van der Waals surface area contributed by atoms with Crippen LogP contribution in [0.25, 0.3) is 0 Å². The second-order valence-electron chi connectivity index (χ2n) is 3.49. The predicted molar refractivity (Wildman–Crippen MR) is 46.8 cm³/mol. The summed E-state index contributed by atoms with van der Waals surface area (Å²) in [7, 11) is 0. The highest BCUT2D eigenvalue weighted by Gasteiger charge is 2.83. The number of halogens is 9. The third kappa shape index (κ3) is 2.63. The van der Waals surface area contributed by atoms with Gasteiger partial charge in [-0.15, -0.1) is 0 Å². The second kappa shape index (κ2) is 4.74. The minimum atomic E-state index is -6.97. The van der Waals surface area contributed by atoms with E-state index in [0.717, 1.165) is 12.1 Å². The van der Waals surface area contributed by atoms with E-state index in [1.165, 1.54) is 6.07 Å². The van der Waals surface area contributed by atoms with Crippen molar-refractivity contribution < 1.29 is 44.3 Å². The molecule has 0 unspecified atom stereocenters. The Morgan fingerprint density at radius 1 is 0.800 bits per heavy atom. The molecule has 0 aliphatic heterocycles. The van der Waals surface area contributed by atoms with Gasteiger partial charge in [0.15, 0.2) is 0 Å². The van der Waals surface area contributed by atoms with Crippen LogP contribution in [0.15, 0.2) is 24.3 Å². The van der Waals surface area contributed by atoms with Crippen molar-refractivity contribution in [2.45, 2.75) is 24.1 Å². The van der Waals surface area contributed by atoms with Crippen LogP contribution in [-0.2, 0) is 0 Å². The van der Waals surface area contributed by atoms with Crippen LogP contribution in [0.5, 0.6) is 5.75 Å². The Labute approximate surface area is 105 Å². The lowest BCUT2D eigenvalue weighted by Gasteiger charge is -2.32. The Kier molecular flexibility index (Phi) is 3.90. The van der Waals surface area contributed by atoms with E-state index in [9.17, 15) is 39.5 Å². The summed E-state index contributed by atoms with van der Waals surface area (Å²) in [4.78, 5) is 0. The molecule has 113 valence electrons. The summed E-state index contributed by atoms with van der Waals surface area (Å²) in [5.41, 5.74) is 0. The lowest BCUT2D eigenvalue weighted by molar-refractivity contribution is -0.428. The molecule has 0 heterocycles. The molecule has 20 heavy (non-hydrogen) atoms. The predicted octanol–water partition coefficient (Wildman–Crippen LogP) is 4.29. The number of ether oxygens (including phenoxy) is 1. The Hall–Kier alpha value is -1.61. The van der Waals surface area contributed by atoms with E-state index in [0.29, 0.717) is 6.07 Å². The first-order valence-corrected chi connectivity index (χ1v) is 4.69. The molecular formula is C10H4F9O. The summed E-state index contributed by atoms with van der Waals surface area (Å²) in [6.07, 6.45) is -13.0. The summed E-state index contributed by atoms with van der Waals surface area (Å²) in [6, 6.07) is 5.57. The molecule has 0 bridgehead atoms. The lowest BCUT2D eigenvalue weighted by Crippen LogP contribution is -2.62. The molecule has 0 aliphatic carbocycles. The minimum absolute atomic E-state index is 0.635. The minimum Gasteiger partial charge on any atom is -0.427 e. The van der Waals surface area contributed by atoms with E-state index < -0.39 is 29.9 Å². The van der Waals surface area contributed by atoms with Crippen molar-refractivity contribution in [3.63, 3.8) is 0 Å². The van der Waals surface area contributed by atoms with Gasteiger partial charge in [-0.25, -0.2) is 0 Å². The molecule has 10 heteroatoms. The molecule has 0 aliphatic rings. The van der Waals surface area contributed by atoms with Crippen molar-refractivity contribution in [3.05, 3.63) is 30.3 Å². The first-order chi connectivity index (χ1) is 8.83. The molecule has 0 spiro atoms. The number of hydrogen-bond acceptors (Lipinski definition) is 1. The van der Waals surface area contributed by atoms with Crippen LogP contribution in [0, 0.1) is 6.07 Å². The highest BCUT2D eigenvalue weighted by atomic mass is 19.4. The van der Waals surface area contributed by atoms with Gasteiger partial charge in [-0.2, -0.15) is 39.5 Å². The maximum Gasteiger partial charge on any atom is 0.471 e. The van der Waals surface area contributed by atoms with Crippen molar-refractivity contribution in [3.8, 4) is 5.75 Å². The van der Waals surface area contributed by atoms with Crippen LogP contribution in [0.2, 0.25) is 0 Å². The topological polar surface area (TPSA) is 9.23 Å². The monoisotopic (exact) mass is 311 g/mol. The molecule has 1 aromatic carbocycles. The molecule has 0 saturated carbocycles. The van der Waals surface area contributed by atoms with Gasteiger partial charge in [-0.1, -0.05) is 18.2 Å². The van der Waals surface area contributed by atoms with E-state index >= 15 is 0 Å². The smallest absolute Gasteiger partial charge is 0.427 e. The van der Waals surface area contributed by atoms with E-state index in [1.807, 2.05) is 6.07 Å². The standard InChI is InChI=1S/C10H4F9O/c11-7(12,9(15,16)17)8(13,14)10(18,19)20-6-4-2-1-3-5-6/h1-4H. The lowest BCUT2D eigenvalue weighted by atomic mass is 10.1. The number of rotatable bonds is 4. The SMILES string of the molecule is FC(F)(F)C(F)(F)C(F)(F)C(F)(F)Oc1[c]cccc1. The Balaban J connectivity index is 3.12. The average molecular weight is 311 g/mol. The van der Waals surface area contributed by atoms with Crippen molar-refractivity contribution in [2.24, 2.45) is 0 Å². The molecule has 0 atom stereocenters. The zero-order valence-corrected chi connectivity index (χ0v) is 9.12. The first-order valence-electron chi connectivity index (χ1n) is 4.69. The quantitative estimate of drug-likeness (QED) is 0.754. The van der Waals surface area contributed by atoms with Gasteiger partial charge in [0.05, 0.1) is 0 Å². The summed E-state index contributed by atoms with van der Waals surface area (Å²) < 4.78 is 115. The molecule has 1 rings (SSSR count).